The molecule has 136 valence electrons. The van der Waals surface area contributed by atoms with Gasteiger partial charge >= 0.3 is 5.97 Å². The molecule has 4 aliphatic rings. The molecule has 0 amide bonds. The maximum atomic E-state index is 11.2. The van der Waals surface area contributed by atoms with E-state index in [0.717, 1.165) is 36.0 Å². The maximum absolute atomic E-state index is 11.2. The number of carbonyl (C=O) groups is 1. The van der Waals surface area contributed by atoms with Crippen molar-refractivity contribution in [3.63, 3.8) is 0 Å². The van der Waals surface area contributed by atoms with Gasteiger partial charge in [-0.2, -0.15) is 0 Å². The Labute approximate surface area is 156 Å². The third-order valence-corrected chi connectivity index (χ3v) is 8.26. The minimum atomic E-state index is -0.443. The Balaban J connectivity index is 1.49. The number of halogens is 1. The molecule has 0 radical (unpaired) electrons. The predicted octanol–water partition coefficient (Wildman–Crippen LogP) is 5.16. The lowest BCUT2D eigenvalue weighted by atomic mass is 9.50. The second-order valence-electron chi connectivity index (χ2n) is 8.91. The van der Waals surface area contributed by atoms with E-state index in [4.69, 9.17) is 16.3 Å². The third kappa shape index (κ3) is 3.03. The van der Waals surface area contributed by atoms with Gasteiger partial charge in [0.25, 0.3) is 0 Å². The summed E-state index contributed by atoms with van der Waals surface area (Å²) in [5.41, 5.74) is 0.304. The molecule has 3 saturated carbocycles. The van der Waals surface area contributed by atoms with Gasteiger partial charge in [-0.15, -0.1) is 11.6 Å². The first-order valence-corrected chi connectivity index (χ1v) is 10.6. The van der Waals surface area contributed by atoms with Crippen molar-refractivity contribution < 1.29 is 9.53 Å². The molecule has 0 N–H and O–H groups in total. The number of alkyl halides is 1. The van der Waals surface area contributed by atoms with Gasteiger partial charge in [0.2, 0.25) is 0 Å². The predicted molar refractivity (Wildman–Crippen MR) is 99.7 cm³/mol. The quantitative estimate of drug-likeness (QED) is 0.279. The summed E-state index contributed by atoms with van der Waals surface area (Å²) in [6.45, 7) is 2.45. The van der Waals surface area contributed by atoms with Crippen LogP contribution in [0, 0.1) is 52.9 Å². The lowest BCUT2D eigenvalue weighted by molar-refractivity contribution is -0.133. The summed E-state index contributed by atoms with van der Waals surface area (Å²) in [5.74, 6) is 7.59. The molecule has 25 heavy (non-hydrogen) atoms. The highest BCUT2D eigenvalue weighted by Crippen LogP contribution is 2.63. The number of ether oxygens (including phenoxy) is 1. The van der Waals surface area contributed by atoms with Crippen LogP contribution in [0.15, 0.2) is 12.2 Å². The highest BCUT2D eigenvalue weighted by Gasteiger charge is 2.56. The Kier molecular flexibility index (Phi) is 4.89. The van der Waals surface area contributed by atoms with Gasteiger partial charge in [0, 0.05) is 5.92 Å². The second-order valence-corrected chi connectivity index (χ2v) is 9.17. The lowest BCUT2D eigenvalue weighted by Crippen LogP contribution is -2.47. The molecule has 7 atom stereocenters. The van der Waals surface area contributed by atoms with Crippen LogP contribution in [0.1, 0.15) is 58.3 Å². The molecule has 0 aromatic heterocycles. The normalized spacial score (nSPS) is 44.7. The van der Waals surface area contributed by atoms with Crippen molar-refractivity contribution in [1.29, 1.82) is 0 Å². The highest BCUT2D eigenvalue weighted by atomic mass is 35.5. The molecule has 3 fully saturated rings. The van der Waals surface area contributed by atoms with E-state index in [1.165, 1.54) is 44.9 Å². The summed E-state index contributed by atoms with van der Waals surface area (Å²) in [5, 5.41) is 0. The summed E-state index contributed by atoms with van der Waals surface area (Å²) in [4.78, 5) is 11.2. The molecule has 4 rings (SSSR count). The van der Waals surface area contributed by atoms with E-state index in [1.54, 1.807) is 0 Å². The lowest BCUT2D eigenvalue weighted by Gasteiger charge is -2.54. The Morgan fingerprint density at radius 1 is 1.12 bits per heavy atom. The van der Waals surface area contributed by atoms with Crippen LogP contribution >= 0.6 is 11.6 Å². The van der Waals surface area contributed by atoms with Crippen LogP contribution in [0.4, 0.5) is 0 Å². The van der Waals surface area contributed by atoms with Crippen LogP contribution < -0.4 is 0 Å². The van der Waals surface area contributed by atoms with Gasteiger partial charge in [-0.3, -0.25) is 0 Å². The average Bonchev–Trinajstić information content (AvgIpc) is 2.98. The zero-order valence-electron chi connectivity index (χ0n) is 15.2. The van der Waals surface area contributed by atoms with Crippen molar-refractivity contribution in [3.05, 3.63) is 12.2 Å². The number of fused-ring (bicyclic) bond motifs is 5. The topological polar surface area (TPSA) is 26.3 Å². The first-order chi connectivity index (χ1) is 12.1. The fourth-order valence-electron chi connectivity index (χ4n) is 6.84. The molecule has 3 heteroatoms. The molecule has 0 spiro atoms. The van der Waals surface area contributed by atoms with Crippen LogP contribution in [0.3, 0.4) is 0 Å². The molecule has 0 aromatic carbocycles. The standard InChI is InChI=1S/C22H29ClO2/c1-22-12-10-18-17-5-3-2-4-15(17)6-8-19(18)20(22)9-7-16(22)11-13-25-21(24)14-23/h2-3,15-20H,4-10,12,14H2,1H3/t15?,16-,17-,18+,19+,20-,22+/m0/s1. The number of allylic oxidation sites excluding steroid dienone is 2. The van der Waals surface area contributed by atoms with Gasteiger partial charge in [-0.05, 0) is 86.4 Å². The molecule has 0 aromatic rings. The largest absolute Gasteiger partial charge is 0.371 e. The summed E-state index contributed by atoms with van der Waals surface area (Å²) in [7, 11) is 0. The van der Waals surface area contributed by atoms with E-state index in [2.05, 4.69) is 31.1 Å². The Hall–Kier alpha value is -0.940. The Morgan fingerprint density at radius 3 is 2.80 bits per heavy atom. The van der Waals surface area contributed by atoms with E-state index in [-0.39, 0.29) is 5.88 Å². The SMILES string of the molecule is C[C@]12CC[C@H]3[C@@H](CCC4CC=CC[C@@H]43)[C@@H]1CC[C@H]2C#COC(=O)CCl. The van der Waals surface area contributed by atoms with E-state index in [0.29, 0.717) is 11.3 Å². The molecule has 0 bridgehead atoms. The fourth-order valence-corrected chi connectivity index (χ4v) is 6.89. The number of hydrogen-bond acceptors (Lipinski definition) is 2. The maximum Gasteiger partial charge on any atom is 0.334 e. The van der Waals surface area contributed by atoms with Gasteiger partial charge in [0.1, 0.15) is 12.0 Å². The Bertz CT molecular complexity index is 615. The second kappa shape index (κ2) is 6.99. The van der Waals surface area contributed by atoms with Crippen molar-refractivity contribution in [2.75, 3.05) is 5.88 Å². The minimum absolute atomic E-state index is 0.125. The summed E-state index contributed by atoms with van der Waals surface area (Å²) < 4.78 is 4.92. The number of carbonyl (C=O) groups excluding carboxylic acids is 1. The van der Waals surface area contributed by atoms with Crippen LogP contribution in [0.25, 0.3) is 0 Å². The third-order valence-electron chi connectivity index (χ3n) is 8.04. The van der Waals surface area contributed by atoms with Gasteiger partial charge in [0.05, 0.1) is 0 Å². The van der Waals surface area contributed by atoms with E-state index >= 15 is 0 Å². The van der Waals surface area contributed by atoms with Crippen molar-refractivity contribution in [2.45, 2.75) is 58.3 Å². The van der Waals surface area contributed by atoms with Crippen molar-refractivity contribution >= 4 is 17.6 Å². The number of esters is 1. The van der Waals surface area contributed by atoms with Crippen LogP contribution in [-0.2, 0) is 9.53 Å². The molecule has 4 aliphatic carbocycles. The van der Waals surface area contributed by atoms with Gasteiger partial charge in [-0.25, -0.2) is 4.79 Å². The molecule has 1 unspecified atom stereocenters. The zero-order chi connectivity index (χ0) is 17.4. The highest BCUT2D eigenvalue weighted by molar-refractivity contribution is 6.26. The molecular formula is C22H29ClO2. The first kappa shape index (κ1) is 17.5. The molecule has 0 aliphatic heterocycles. The monoisotopic (exact) mass is 360 g/mol. The number of rotatable bonds is 1. The van der Waals surface area contributed by atoms with Crippen LogP contribution in [-0.4, -0.2) is 11.8 Å². The zero-order valence-corrected chi connectivity index (χ0v) is 15.9. The summed E-state index contributed by atoms with van der Waals surface area (Å²) in [6.07, 6.45) is 18.1. The van der Waals surface area contributed by atoms with Crippen molar-refractivity contribution in [1.82, 2.24) is 0 Å². The van der Waals surface area contributed by atoms with Gasteiger partial charge in [-0.1, -0.05) is 25.0 Å². The van der Waals surface area contributed by atoms with Gasteiger partial charge < -0.3 is 4.74 Å². The first-order valence-electron chi connectivity index (χ1n) is 10.0. The van der Waals surface area contributed by atoms with E-state index < -0.39 is 5.97 Å². The van der Waals surface area contributed by atoms with Crippen molar-refractivity contribution in [3.8, 4) is 12.0 Å². The van der Waals surface area contributed by atoms with Crippen LogP contribution in [0.2, 0.25) is 0 Å². The van der Waals surface area contributed by atoms with Crippen LogP contribution in [0.5, 0.6) is 0 Å². The smallest absolute Gasteiger partial charge is 0.334 e. The average molecular weight is 361 g/mol. The molecular weight excluding hydrogens is 332 g/mol. The van der Waals surface area contributed by atoms with Gasteiger partial charge in [0.15, 0.2) is 0 Å². The van der Waals surface area contributed by atoms with Crippen molar-refractivity contribution in [2.24, 2.45) is 40.9 Å². The minimum Gasteiger partial charge on any atom is -0.371 e. The molecule has 0 heterocycles. The fraction of sp³-hybridized carbons (Fsp3) is 0.773. The Morgan fingerprint density at radius 2 is 1.96 bits per heavy atom. The summed E-state index contributed by atoms with van der Waals surface area (Å²) >= 11 is 5.47. The number of hydrogen-bond donors (Lipinski definition) is 0. The van der Waals surface area contributed by atoms with E-state index in [1.807, 2.05) is 0 Å². The molecule has 2 nitrogen and oxygen atoms in total. The summed E-state index contributed by atoms with van der Waals surface area (Å²) in [6, 6.07) is 0. The van der Waals surface area contributed by atoms with E-state index in [9.17, 15) is 4.79 Å². The molecule has 0 saturated heterocycles.